The first kappa shape index (κ1) is 12.4. The van der Waals surface area contributed by atoms with Crippen molar-refractivity contribution in [3.05, 3.63) is 29.3 Å². The number of phenols is 1. The molecule has 1 N–H and O–H groups in total. The molecule has 1 atom stereocenters. The number of nitrogens with zero attached hydrogens (tertiary/aromatic N) is 1. The van der Waals surface area contributed by atoms with Crippen molar-refractivity contribution in [1.82, 2.24) is 4.90 Å². The van der Waals surface area contributed by atoms with Crippen molar-refractivity contribution in [2.75, 3.05) is 6.54 Å². The zero-order valence-electron chi connectivity index (χ0n) is 10.9. The molecule has 1 aliphatic heterocycles. The Morgan fingerprint density at radius 1 is 1.35 bits per heavy atom. The minimum Gasteiger partial charge on any atom is -0.507 e. The van der Waals surface area contributed by atoms with Gasteiger partial charge in [-0.15, -0.1) is 0 Å². The minimum atomic E-state index is 0.480. The molecule has 1 aromatic carbocycles. The molecule has 94 valence electrons. The van der Waals surface area contributed by atoms with Crippen LogP contribution in [0, 0.1) is 6.92 Å². The molecular formula is C15H23NO. The van der Waals surface area contributed by atoms with Gasteiger partial charge in [-0.25, -0.2) is 0 Å². The van der Waals surface area contributed by atoms with Crippen LogP contribution in [-0.4, -0.2) is 22.6 Å². The number of para-hydroxylation sites is 1. The maximum Gasteiger partial charge on any atom is 0.122 e. The van der Waals surface area contributed by atoms with Gasteiger partial charge in [-0.3, -0.25) is 4.90 Å². The number of hydrogen-bond donors (Lipinski definition) is 1. The van der Waals surface area contributed by atoms with Crippen molar-refractivity contribution in [1.29, 1.82) is 0 Å². The highest BCUT2D eigenvalue weighted by atomic mass is 16.3. The van der Waals surface area contributed by atoms with Gasteiger partial charge >= 0.3 is 0 Å². The Morgan fingerprint density at radius 2 is 2.18 bits per heavy atom. The van der Waals surface area contributed by atoms with Crippen LogP contribution in [-0.2, 0) is 6.54 Å². The van der Waals surface area contributed by atoms with Gasteiger partial charge in [0.25, 0.3) is 0 Å². The van der Waals surface area contributed by atoms with Crippen molar-refractivity contribution in [2.45, 2.75) is 52.1 Å². The zero-order chi connectivity index (χ0) is 12.3. The molecule has 1 fully saturated rings. The highest BCUT2D eigenvalue weighted by Gasteiger charge is 2.21. The molecule has 1 heterocycles. The quantitative estimate of drug-likeness (QED) is 0.864. The predicted molar refractivity (Wildman–Crippen MR) is 71.2 cm³/mol. The molecule has 1 unspecified atom stereocenters. The highest BCUT2D eigenvalue weighted by Crippen LogP contribution is 2.27. The molecular weight excluding hydrogens is 210 g/mol. The average Bonchev–Trinajstić information content (AvgIpc) is 2.35. The van der Waals surface area contributed by atoms with E-state index in [4.69, 9.17) is 0 Å². The van der Waals surface area contributed by atoms with Crippen molar-refractivity contribution < 1.29 is 5.11 Å². The second-order valence-electron chi connectivity index (χ2n) is 5.11. The van der Waals surface area contributed by atoms with E-state index in [1.807, 2.05) is 25.1 Å². The molecule has 0 saturated carbocycles. The maximum atomic E-state index is 10.1. The van der Waals surface area contributed by atoms with Crippen molar-refractivity contribution in [3.8, 4) is 5.75 Å². The van der Waals surface area contributed by atoms with Crippen LogP contribution in [0.25, 0.3) is 0 Å². The van der Waals surface area contributed by atoms with Crippen molar-refractivity contribution >= 4 is 0 Å². The van der Waals surface area contributed by atoms with Crippen molar-refractivity contribution in [2.24, 2.45) is 0 Å². The Bertz CT molecular complexity index is 375. The number of aryl methyl sites for hydroxylation is 1. The molecule has 0 amide bonds. The molecule has 17 heavy (non-hydrogen) atoms. The van der Waals surface area contributed by atoms with Gasteiger partial charge in [0.2, 0.25) is 0 Å². The Kier molecular flexibility index (Phi) is 4.06. The SMILES string of the molecule is CCC1CCCCN1Cc1cccc(C)c1O. The Morgan fingerprint density at radius 3 is 2.94 bits per heavy atom. The topological polar surface area (TPSA) is 23.5 Å². The van der Waals surface area contributed by atoms with Gasteiger partial charge in [0.05, 0.1) is 0 Å². The first-order valence-corrected chi connectivity index (χ1v) is 6.74. The summed E-state index contributed by atoms with van der Waals surface area (Å²) in [4.78, 5) is 2.53. The number of aromatic hydroxyl groups is 1. The molecule has 0 bridgehead atoms. The molecule has 0 aromatic heterocycles. The number of piperidine rings is 1. The van der Waals surface area contributed by atoms with E-state index in [1.54, 1.807) is 0 Å². The zero-order valence-corrected chi connectivity index (χ0v) is 10.9. The fourth-order valence-electron chi connectivity index (χ4n) is 2.80. The smallest absolute Gasteiger partial charge is 0.122 e. The summed E-state index contributed by atoms with van der Waals surface area (Å²) >= 11 is 0. The summed E-state index contributed by atoms with van der Waals surface area (Å²) in [5.74, 6) is 0.480. The van der Waals surface area contributed by atoms with Crippen LogP contribution in [0.5, 0.6) is 5.75 Å². The molecule has 1 aliphatic rings. The predicted octanol–water partition coefficient (Wildman–Crippen LogP) is 3.47. The number of likely N-dealkylation sites (tertiary alicyclic amines) is 1. The first-order chi connectivity index (χ1) is 8.22. The van der Waals surface area contributed by atoms with Gasteiger partial charge in [-0.05, 0) is 38.3 Å². The van der Waals surface area contributed by atoms with Crippen LogP contribution in [0.4, 0.5) is 0 Å². The van der Waals surface area contributed by atoms with Gasteiger partial charge in [0.15, 0.2) is 0 Å². The molecule has 1 aromatic rings. The van der Waals surface area contributed by atoms with Crippen LogP contribution in [0.2, 0.25) is 0 Å². The van der Waals surface area contributed by atoms with Gasteiger partial charge in [0.1, 0.15) is 5.75 Å². The molecule has 2 nitrogen and oxygen atoms in total. The largest absolute Gasteiger partial charge is 0.507 e. The summed E-state index contributed by atoms with van der Waals surface area (Å²) in [5.41, 5.74) is 2.05. The lowest BCUT2D eigenvalue weighted by Crippen LogP contribution is -2.38. The van der Waals surface area contributed by atoms with E-state index >= 15 is 0 Å². The van der Waals surface area contributed by atoms with Gasteiger partial charge in [0, 0.05) is 18.2 Å². The van der Waals surface area contributed by atoms with E-state index in [1.165, 1.54) is 32.2 Å². The third-order valence-electron chi connectivity index (χ3n) is 3.92. The number of phenolic OH excluding ortho intramolecular Hbond substituents is 1. The van der Waals surface area contributed by atoms with Crippen LogP contribution >= 0.6 is 0 Å². The van der Waals surface area contributed by atoms with E-state index in [9.17, 15) is 5.11 Å². The minimum absolute atomic E-state index is 0.480. The lowest BCUT2D eigenvalue weighted by atomic mass is 9.98. The number of benzene rings is 1. The van der Waals surface area contributed by atoms with E-state index in [0.29, 0.717) is 11.8 Å². The molecule has 0 radical (unpaired) electrons. The second-order valence-corrected chi connectivity index (χ2v) is 5.11. The van der Waals surface area contributed by atoms with E-state index < -0.39 is 0 Å². The average molecular weight is 233 g/mol. The Hall–Kier alpha value is -1.02. The third kappa shape index (κ3) is 2.81. The number of rotatable bonds is 3. The molecule has 0 spiro atoms. The second kappa shape index (κ2) is 5.54. The fraction of sp³-hybridized carbons (Fsp3) is 0.600. The summed E-state index contributed by atoms with van der Waals surface area (Å²) in [6.45, 7) is 6.29. The molecule has 0 aliphatic carbocycles. The molecule has 1 saturated heterocycles. The molecule has 2 heteroatoms. The summed E-state index contributed by atoms with van der Waals surface area (Å²) in [5, 5.41) is 10.1. The summed E-state index contributed by atoms with van der Waals surface area (Å²) in [6, 6.07) is 6.74. The summed E-state index contributed by atoms with van der Waals surface area (Å²) < 4.78 is 0. The fourth-order valence-corrected chi connectivity index (χ4v) is 2.80. The monoisotopic (exact) mass is 233 g/mol. The normalized spacial score (nSPS) is 21.6. The molecule has 2 rings (SSSR count). The van der Waals surface area contributed by atoms with Crippen LogP contribution in [0.1, 0.15) is 43.7 Å². The maximum absolute atomic E-state index is 10.1. The van der Waals surface area contributed by atoms with Crippen molar-refractivity contribution in [3.63, 3.8) is 0 Å². The lowest BCUT2D eigenvalue weighted by Gasteiger charge is -2.35. The van der Waals surface area contributed by atoms with E-state index in [2.05, 4.69) is 11.8 Å². The summed E-state index contributed by atoms with van der Waals surface area (Å²) in [6.07, 6.45) is 5.17. The Balaban J connectivity index is 2.11. The van der Waals surface area contributed by atoms with Gasteiger partial charge in [-0.2, -0.15) is 0 Å². The van der Waals surface area contributed by atoms with Crippen LogP contribution in [0.15, 0.2) is 18.2 Å². The number of hydrogen-bond acceptors (Lipinski definition) is 2. The van der Waals surface area contributed by atoms with Crippen LogP contribution < -0.4 is 0 Å². The standard InChI is InChI=1S/C15H23NO/c1-3-14-9-4-5-10-16(14)11-13-8-6-7-12(2)15(13)17/h6-8,14,17H,3-5,9-11H2,1-2H3. The lowest BCUT2D eigenvalue weighted by molar-refractivity contribution is 0.135. The van der Waals surface area contributed by atoms with E-state index in [0.717, 1.165) is 17.7 Å². The van der Waals surface area contributed by atoms with Gasteiger partial charge in [-0.1, -0.05) is 31.5 Å². The van der Waals surface area contributed by atoms with Gasteiger partial charge < -0.3 is 5.11 Å². The summed E-state index contributed by atoms with van der Waals surface area (Å²) in [7, 11) is 0. The Labute approximate surface area is 104 Å². The van der Waals surface area contributed by atoms with E-state index in [-0.39, 0.29) is 0 Å². The van der Waals surface area contributed by atoms with Crippen LogP contribution in [0.3, 0.4) is 0 Å². The third-order valence-corrected chi connectivity index (χ3v) is 3.92. The highest BCUT2D eigenvalue weighted by molar-refractivity contribution is 5.39. The first-order valence-electron chi connectivity index (χ1n) is 6.74.